The van der Waals surface area contributed by atoms with Gasteiger partial charge < -0.3 is 10.2 Å². The van der Waals surface area contributed by atoms with E-state index in [1.807, 2.05) is 61.3 Å². The fraction of sp³-hybridized carbons (Fsp3) is 0.588. The van der Waals surface area contributed by atoms with Gasteiger partial charge in [-0.2, -0.15) is 0 Å². The smallest absolute Gasteiger partial charge is 0.244 e. The third-order valence-corrected chi connectivity index (χ3v) is 4.19. The number of hydrogen-bond acceptors (Lipinski definition) is 3. The Morgan fingerprint density at radius 2 is 1.96 bits per heavy atom. The lowest BCUT2D eigenvalue weighted by atomic mass is 9.96. The van der Waals surface area contributed by atoms with E-state index in [-0.39, 0.29) is 36.8 Å². The van der Waals surface area contributed by atoms with E-state index >= 15 is 0 Å². The molecule has 0 saturated carbocycles. The summed E-state index contributed by atoms with van der Waals surface area (Å²) in [5.41, 5.74) is 1.07. The first-order valence-electron chi connectivity index (χ1n) is 7.78. The highest BCUT2D eigenvalue weighted by atomic mass is 35.5. The van der Waals surface area contributed by atoms with Crippen molar-refractivity contribution in [1.82, 2.24) is 15.1 Å². The molecular weight excluding hydrogens is 333 g/mol. The summed E-state index contributed by atoms with van der Waals surface area (Å²) in [7, 11) is 5.93. The van der Waals surface area contributed by atoms with Crippen LogP contribution in [-0.2, 0) is 4.79 Å². The van der Waals surface area contributed by atoms with Crippen LogP contribution in [-0.4, -0.2) is 56.5 Å². The van der Waals surface area contributed by atoms with Gasteiger partial charge in [0.15, 0.2) is 0 Å². The summed E-state index contributed by atoms with van der Waals surface area (Å²) >= 11 is 0. The van der Waals surface area contributed by atoms with Crippen LogP contribution in [0, 0.1) is 5.92 Å². The van der Waals surface area contributed by atoms with Crippen molar-refractivity contribution in [3.05, 3.63) is 35.9 Å². The molecule has 2 rings (SSSR count). The van der Waals surface area contributed by atoms with Crippen LogP contribution in [0.15, 0.2) is 30.3 Å². The van der Waals surface area contributed by atoms with Crippen molar-refractivity contribution in [3.63, 3.8) is 0 Å². The van der Waals surface area contributed by atoms with Gasteiger partial charge in [-0.15, -0.1) is 24.8 Å². The van der Waals surface area contributed by atoms with Gasteiger partial charge in [0.25, 0.3) is 0 Å². The second kappa shape index (κ2) is 10.9. The van der Waals surface area contributed by atoms with Gasteiger partial charge in [0.05, 0.1) is 0 Å². The summed E-state index contributed by atoms with van der Waals surface area (Å²) in [6, 6.07) is 9.89. The lowest BCUT2D eigenvalue weighted by Gasteiger charge is -2.36. The molecule has 1 aromatic rings. The largest absolute Gasteiger partial charge is 0.341 e. The first-order valence-corrected chi connectivity index (χ1v) is 7.78. The minimum absolute atomic E-state index is 0. The molecule has 0 bridgehead atoms. The van der Waals surface area contributed by atoms with Gasteiger partial charge in [0.1, 0.15) is 6.04 Å². The Labute approximate surface area is 152 Å². The van der Waals surface area contributed by atoms with Crippen LogP contribution in [0.1, 0.15) is 24.4 Å². The maximum absolute atomic E-state index is 13.0. The van der Waals surface area contributed by atoms with Crippen molar-refractivity contribution in [2.45, 2.75) is 18.9 Å². The topological polar surface area (TPSA) is 35.6 Å². The van der Waals surface area contributed by atoms with Crippen molar-refractivity contribution in [2.24, 2.45) is 5.92 Å². The number of benzene rings is 1. The maximum Gasteiger partial charge on any atom is 0.244 e. The third-order valence-electron chi connectivity index (χ3n) is 4.19. The Bertz CT molecular complexity index is 454. The molecule has 0 aromatic heterocycles. The Balaban J connectivity index is 0.00000242. The van der Waals surface area contributed by atoms with E-state index < -0.39 is 0 Å². The molecule has 2 atom stereocenters. The summed E-state index contributed by atoms with van der Waals surface area (Å²) < 4.78 is 0. The number of hydrogen-bond donors (Lipinski definition) is 1. The van der Waals surface area contributed by atoms with Crippen LogP contribution in [0.4, 0.5) is 0 Å². The van der Waals surface area contributed by atoms with Gasteiger partial charge in [-0.25, -0.2) is 0 Å². The van der Waals surface area contributed by atoms with Crippen LogP contribution in [0.3, 0.4) is 0 Å². The van der Waals surface area contributed by atoms with E-state index in [0.717, 1.165) is 31.6 Å². The number of nitrogens with zero attached hydrogens (tertiary/aromatic N) is 2. The predicted octanol–water partition coefficient (Wildman–Crippen LogP) is 2.59. The summed E-state index contributed by atoms with van der Waals surface area (Å²) in [5.74, 6) is 0.804. The van der Waals surface area contributed by atoms with E-state index in [9.17, 15) is 4.79 Å². The van der Waals surface area contributed by atoms with Gasteiger partial charge in [0, 0.05) is 13.1 Å². The van der Waals surface area contributed by atoms with E-state index in [2.05, 4.69) is 5.32 Å². The fourth-order valence-corrected chi connectivity index (χ4v) is 3.19. The molecule has 1 heterocycles. The highest BCUT2D eigenvalue weighted by Crippen LogP contribution is 2.24. The van der Waals surface area contributed by atoms with E-state index in [4.69, 9.17) is 0 Å². The highest BCUT2D eigenvalue weighted by molar-refractivity contribution is 5.85. The zero-order valence-electron chi connectivity index (χ0n) is 14.2. The second-order valence-electron chi connectivity index (χ2n) is 6.13. The van der Waals surface area contributed by atoms with Crippen LogP contribution in [0.2, 0.25) is 0 Å². The van der Waals surface area contributed by atoms with Gasteiger partial charge in [-0.3, -0.25) is 9.69 Å². The standard InChI is InChI=1S/C17H27N3O.2ClH/c1-18-12-14-8-7-11-20(13-14)17(21)16(19(2)3)15-9-5-4-6-10-15;;/h4-6,9-10,14,16,18H,7-8,11-13H2,1-3H3;2*1H. The number of rotatable bonds is 5. The number of likely N-dealkylation sites (N-methyl/N-ethyl adjacent to an activating group) is 1. The number of amides is 1. The molecule has 1 amide bonds. The average molecular weight is 362 g/mol. The number of carbonyl (C=O) groups excluding carboxylic acids is 1. The summed E-state index contributed by atoms with van der Waals surface area (Å²) in [6.45, 7) is 2.74. The molecule has 0 radical (unpaired) electrons. The molecule has 1 aliphatic rings. The molecule has 23 heavy (non-hydrogen) atoms. The molecule has 6 heteroatoms. The molecule has 1 aromatic carbocycles. The van der Waals surface area contributed by atoms with Crippen molar-refractivity contribution in [1.29, 1.82) is 0 Å². The van der Waals surface area contributed by atoms with Crippen molar-refractivity contribution < 1.29 is 4.79 Å². The predicted molar refractivity (Wildman–Crippen MR) is 101 cm³/mol. The highest BCUT2D eigenvalue weighted by Gasteiger charge is 2.30. The molecule has 1 aliphatic heterocycles. The van der Waals surface area contributed by atoms with Crippen LogP contribution in [0.5, 0.6) is 0 Å². The zero-order valence-corrected chi connectivity index (χ0v) is 15.8. The Morgan fingerprint density at radius 3 is 2.52 bits per heavy atom. The van der Waals surface area contributed by atoms with E-state index in [1.54, 1.807) is 0 Å². The molecule has 132 valence electrons. The van der Waals surface area contributed by atoms with Crippen LogP contribution >= 0.6 is 24.8 Å². The molecule has 1 N–H and O–H groups in total. The SMILES string of the molecule is CNCC1CCCN(C(=O)C(c2ccccc2)N(C)C)C1.Cl.Cl. The Hall–Kier alpha value is -0.810. The third kappa shape index (κ3) is 5.96. The normalized spacial score (nSPS) is 18.8. The molecule has 0 aliphatic carbocycles. The molecule has 1 saturated heterocycles. The summed E-state index contributed by atoms with van der Waals surface area (Å²) in [5, 5.41) is 3.23. The van der Waals surface area contributed by atoms with Gasteiger partial charge >= 0.3 is 0 Å². The van der Waals surface area contributed by atoms with Gasteiger partial charge in [-0.05, 0) is 52.0 Å². The first-order chi connectivity index (χ1) is 10.1. The number of nitrogens with one attached hydrogen (secondary N) is 1. The maximum atomic E-state index is 13.0. The lowest BCUT2D eigenvalue weighted by molar-refractivity contribution is -0.138. The van der Waals surface area contributed by atoms with Crippen LogP contribution < -0.4 is 5.32 Å². The molecule has 4 nitrogen and oxygen atoms in total. The van der Waals surface area contributed by atoms with Crippen molar-refractivity contribution >= 4 is 30.7 Å². The van der Waals surface area contributed by atoms with E-state index in [0.29, 0.717) is 5.92 Å². The monoisotopic (exact) mass is 361 g/mol. The minimum atomic E-state index is -0.181. The number of carbonyl (C=O) groups is 1. The number of piperidine rings is 1. The van der Waals surface area contributed by atoms with Gasteiger partial charge in [-0.1, -0.05) is 30.3 Å². The first kappa shape index (κ1) is 22.2. The average Bonchev–Trinajstić information content (AvgIpc) is 2.49. The molecule has 0 spiro atoms. The molecule has 1 fully saturated rings. The van der Waals surface area contributed by atoms with Crippen LogP contribution in [0.25, 0.3) is 0 Å². The Morgan fingerprint density at radius 1 is 1.30 bits per heavy atom. The Kier molecular flexibility index (Phi) is 10.5. The number of halogens is 2. The van der Waals surface area contributed by atoms with Crippen molar-refractivity contribution in [3.8, 4) is 0 Å². The van der Waals surface area contributed by atoms with Crippen molar-refractivity contribution in [2.75, 3.05) is 40.8 Å². The fourth-order valence-electron chi connectivity index (χ4n) is 3.19. The zero-order chi connectivity index (χ0) is 15.2. The van der Waals surface area contributed by atoms with Gasteiger partial charge in [0.2, 0.25) is 5.91 Å². The number of likely N-dealkylation sites (tertiary alicyclic amines) is 1. The quantitative estimate of drug-likeness (QED) is 0.875. The van der Waals surface area contributed by atoms with E-state index in [1.165, 1.54) is 6.42 Å². The summed E-state index contributed by atoms with van der Waals surface area (Å²) in [4.78, 5) is 17.0. The lowest BCUT2D eigenvalue weighted by Crippen LogP contribution is -2.46. The molecular formula is C17H29Cl2N3O. The minimum Gasteiger partial charge on any atom is -0.341 e. The summed E-state index contributed by atoms with van der Waals surface area (Å²) in [6.07, 6.45) is 2.32. The second-order valence-corrected chi connectivity index (χ2v) is 6.13. The molecule has 2 unspecified atom stereocenters.